The predicted octanol–water partition coefficient (Wildman–Crippen LogP) is 1.78. The van der Waals surface area contributed by atoms with Crippen molar-refractivity contribution >= 4 is 30.6 Å². The highest BCUT2D eigenvalue weighted by Gasteiger charge is 2.43. The summed E-state index contributed by atoms with van der Waals surface area (Å²) in [5.74, 6) is 1.37. The number of aromatic nitrogens is 1. The normalized spacial score (nSPS) is 28.9. The van der Waals surface area contributed by atoms with E-state index in [1.54, 1.807) is 0 Å². The smallest absolute Gasteiger partial charge is 0.128 e. The highest BCUT2D eigenvalue weighted by molar-refractivity contribution is 5.85. The fourth-order valence-corrected chi connectivity index (χ4v) is 3.14. The third-order valence-corrected chi connectivity index (χ3v) is 4.34. The van der Waals surface area contributed by atoms with Gasteiger partial charge in [-0.3, -0.25) is 0 Å². The number of nitrogens with one attached hydrogen (secondary N) is 1. The molecule has 0 amide bonds. The average molecular weight is 320 g/mol. The second kappa shape index (κ2) is 6.94. The first-order chi connectivity index (χ1) is 8.67. The first kappa shape index (κ1) is 17.5. The zero-order valence-electron chi connectivity index (χ0n) is 11.7. The van der Waals surface area contributed by atoms with Crippen molar-refractivity contribution in [1.82, 2.24) is 10.3 Å². The molecule has 0 saturated carbocycles. The van der Waals surface area contributed by atoms with E-state index >= 15 is 0 Å². The zero-order valence-corrected chi connectivity index (χ0v) is 13.3. The summed E-state index contributed by atoms with van der Waals surface area (Å²) < 4.78 is 0. The lowest BCUT2D eigenvalue weighted by Crippen LogP contribution is -2.59. The van der Waals surface area contributed by atoms with Gasteiger partial charge in [-0.25, -0.2) is 4.98 Å². The van der Waals surface area contributed by atoms with E-state index in [0.29, 0.717) is 5.92 Å². The second-order valence-electron chi connectivity index (χ2n) is 5.59. The third-order valence-electron chi connectivity index (χ3n) is 4.34. The van der Waals surface area contributed by atoms with Gasteiger partial charge in [0.2, 0.25) is 0 Å². The molecule has 3 heterocycles. The Kier molecular flexibility index (Phi) is 6.07. The molecule has 0 spiro atoms. The van der Waals surface area contributed by atoms with E-state index in [1.807, 2.05) is 13.0 Å². The van der Waals surface area contributed by atoms with Crippen molar-refractivity contribution in [2.24, 2.45) is 5.92 Å². The molecule has 0 radical (unpaired) electrons. The molecule has 1 aromatic rings. The number of hydrogen-bond donors (Lipinski definition) is 2. The van der Waals surface area contributed by atoms with Gasteiger partial charge in [0.15, 0.2) is 0 Å². The van der Waals surface area contributed by atoms with Crippen LogP contribution < -0.4 is 10.2 Å². The van der Waals surface area contributed by atoms with Crippen LogP contribution in [-0.4, -0.2) is 41.9 Å². The molecule has 2 aliphatic rings. The van der Waals surface area contributed by atoms with Crippen molar-refractivity contribution in [2.75, 3.05) is 31.1 Å². The van der Waals surface area contributed by atoms with E-state index in [0.717, 1.165) is 50.5 Å². The summed E-state index contributed by atoms with van der Waals surface area (Å²) in [7, 11) is 0. The van der Waals surface area contributed by atoms with Crippen LogP contribution in [0.3, 0.4) is 0 Å². The highest BCUT2D eigenvalue weighted by Crippen LogP contribution is 2.34. The summed E-state index contributed by atoms with van der Waals surface area (Å²) >= 11 is 0. The predicted molar refractivity (Wildman–Crippen MR) is 86.2 cm³/mol. The van der Waals surface area contributed by atoms with Crippen LogP contribution >= 0.6 is 24.8 Å². The summed E-state index contributed by atoms with van der Waals surface area (Å²) in [5.41, 5.74) is 0.598. The molecular formula is C14H23Cl2N3O. The van der Waals surface area contributed by atoms with Crippen LogP contribution in [0.25, 0.3) is 0 Å². The third kappa shape index (κ3) is 3.37. The number of piperidine rings is 2. The zero-order chi connectivity index (χ0) is 12.6. The van der Waals surface area contributed by atoms with Gasteiger partial charge in [-0.2, -0.15) is 0 Å². The maximum absolute atomic E-state index is 10.6. The van der Waals surface area contributed by atoms with E-state index in [4.69, 9.17) is 0 Å². The molecule has 20 heavy (non-hydrogen) atoms. The number of aryl methyl sites for hydroxylation is 1. The first-order valence-corrected chi connectivity index (χ1v) is 6.79. The Morgan fingerprint density at radius 3 is 2.90 bits per heavy atom. The summed E-state index contributed by atoms with van der Waals surface area (Å²) in [6.45, 7) is 5.68. The lowest BCUT2D eigenvalue weighted by atomic mass is 9.76. The maximum Gasteiger partial charge on any atom is 0.128 e. The Morgan fingerprint density at radius 2 is 2.15 bits per heavy atom. The molecule has 2 atom stereocenters. The van der Waals surface area contributed by atoms with Crippen molar-refractivity contribution in [1.29, 1.82) is 0 Å². The molecule has 3 rings (SSSR count). The summed E-state index contributed by atoms with van der Waals surface area (Å²) in [4.78, 5) is 6.89. The van der Waals surface area contributed by atoms with Crippen molar-refractivity contribution in [2.45, 2.75) is 25.4 Å². The summed E-state index contributed by atoms with van der Waals surface area (Å²) in [5, 5.41) is 14.0. The first-order valence-electron chi connectivity index (χ1n) is 6.79. The van der Waals surface area contributed by atoms with Crippen LogP contribution in [-0.2, 0) is 0 Å². The van der Waals surface area contributed by atoms with E-state index in [9.17, 15) is 5.11 Å². The Hall–Kier alpha value is -0.550. The number of halogens is 2. The van der Waals surface area contributed by atoms with Gasteiger partial charge in [0, 0.05) is 31.2 Å². The molecule has 0 aliphatic carbocycles. The monoisotopic (exact) mass is 319 g/mol. The molecule has 0 unspecified atom stereocenters. The van der Waals surface area contributed by atoms with Crippen molar-refractivity contribution in [3.8, 4) is 0 Å². The maximum atomic E-state index is 10.6. The molecule has 1 aromatic heterocycles. The van der Waals surface area contributed by atoms with E-state index in [1.165, 1.54) is 0 Å². The minimum atomic E-state index is -0.453. The van der Waals surface area contributed by atoms with Gasteiger partial charge in [-0.05, 0) is 38.4 Å². The van der Waals surface area contributed by atoms with Crippen LogP contribution in [0.1, 0.15) is 18.5 Å². The number of rotatable bonds is 1. The highest BCUT2D eigenvalue weighted by atomic mass is 35.5. The van der Waals surface area contributed by atoms with Gasteiger partial charge in [0.05, 0.1) is 5.60 Å². The Balaban J connectivity index is 0.000001000. The van der Waals surface area contributed by atoms with Crippen molar-refractivity contribution < 1.29 is 5.11 Å². The van der Waals surface area contributed by atoms with E-state index in [-0.39, 0.29) is 24.8 Å². The van der Waals surface area contributed by atoms with E-state index in [2.05, 4.69) is 27.3 Å². The van der Waals surface area contributed by atoms with Crippen molar-refractivity contribution in [3.05, 3.63) is 23.9 Å². The standard InChI is InChI=1S/C14H21N3O.2ClH/c1-11-3-2-4-13(16-11)17-8-6-14(18)5-7-15-9-12(14)10-17;;/h2-4,12,15,18H,5-10H2,1H3;2*1H/t12-,14-;;/m0../s1. The van der Waals surface area contributed by atoms with Gasteiger partial charge in [0.1, 0.15) is 5.82 Å². The lowest BCUT2D eigenvalue weighted by Gasteiger charge is -2.47. The largest absolute Gasteiger partial charge is 0.389 e. The molecule has 2 saturated heterocycles. The summed E-state index contributed by atoms with van der Waals surface area (Å²) in [6, 6.07) is 6.14. The fraction of sp³-hybridized carbons (Fsp3) is 0.643. The molecule has 114 valence electrons. The Morgan fingerprint density at radius 1 is 1.35 bits per heavy atom. The Bertz CT molecular complexity index is 446. The quantitative estimate of drug-likeness (QED) is 0.828. The molecular weight excluding hydrogens is 297 g/mol. The number of pyridine rings is 1. The van der Waals surface area contributed by atoms with Crippen molar-refractivity contribution in [3.63, 3.8) is 0 Å². The Labute approximate surface area is 132 Å². The van der Waals surface area contributed by atoms with Gasteiger partial charge >= 0.3 is 0 Å². The number of nitrogens with zero attached hydrogens (tertiary/aromatic N) is 2. The number of hydrogen-bond acceptors (Lipinski definition) is 4. The van der Waals surface area contributed by atoms with Gasteiger partial charge < -0.3 is 15.3 Å². The number of anilines is 1. The van der Waals surface area contributed by atoms with Crippen LogP contribution in [0.2, 0.25) is 0 Å². The van der Waals surface area contributed by atoms with Crippen LogP contribution in [0.4, 0.5) is 5.82 Å². The van der Waals surface area contributed by atoms with Gasteiger partial charge in [-0.15, -0.1) is 24.8 Å². The molecule has 2 N–H and O–H groups in total. The summed E-state index contributed by atoms with van der Waals surface area (Å²) in [6.07, 6.45) is 1.74. The average Bonchev–Trinajstić information content (AvgIpc) is 2.37. The topological polar surface area (TPSA) is 48.4 Å². The van der Waals surface area contributed by atoms with Crippen LogP contribution in [0.5, 0.6) is 0 Å². The van der Waals surface area contributed by atoms with Gasteiger partial charge in [0.25, 0.3) is 0 Å². The second-order valence-corrected chi connectivity index (χ2v) is 5.59. The minimum Gasteiger partial charge on any atom is -0.389 e. The molecule has 6 heteroatoms. The molecule has 2 fully saturated rings. The molecule has 2 aliphatic heterocycles. The fourth-order valence-electron chi connectivity index (χ4n) is 3.14. The molecule has 4 nitrogen and oxygen atoms in total. The van der Waals surface area contributed by atoms with E-state index < -0.39 is 5.60 Å². The minimum absolute atomic E-state index is 0. The molecule has 0 bridgehead atoms. The van der Waals surface area contributed by atoms with Crippen LogP contribution in [0.15, 0.2) is 18.2 Å². The lowest BCUT2D eigenvalue weighted by molar-refractivity contribution is -0.0539. The number of fused-ring (bicyclic) bond motifs is 1. The van der Waals surface area contributed by atoms with Gasteiger partial charge in [-0.1, -0.05) is 6.07 Å². The SMILES string of the molecule is Cc1cccc(N2CC[C@@]3(O)CCNC[C@H]3C2)n1.Cl.Cl. The molecule has 0 aromatic carbocycles. The number of aliphatic hydroxyl groups is 1. The van der Waals surface area contributed by atoms with Crippen LogP contribution in [0, 0.1) is 12.8 Å².